The number of ether oxygens (including phenoxy) is 1. The average molecular weight is 300 g/mol. The number of carbonyl (C=O) groups excluding carboxylic acids is 1. The van der Waals surface area contributed by atoms with E-state index in [2.05, 4.69) is 10.6 Å². The molecule has 0 aromatic heterocycles. The molecule has 1 fully saturated rings. The molecule has 0 bridgehead atoms. The van der Waals surface area contributed by atoms with Crippen LogP contribution in [0.2, 0.25) is 0 Å². The minimum atomic E-state index is -0.764. The van der Waals surface area contributed by atoms with Crippen molar-refractivity contribution in [2.75, 3.05) is 33.4 Å². The number of methoxy groups -OCH3 is 1. The first-order valence-electron chi connectivity index (χ1n) is 7.70. The van der Waals surface area contributed by atoms with Crippen LogP contribution in [-0.2, 0) is 14.3 Å². The maximum Gasteiger partial charge on any atom is 0.303 e. The monoisotopic (exact) mass is 300 g/mol. The number of hydrogen-bond donors (Lipinski definition) is 3. The molecule has 6 heteroatoms. The van der Waals surface area contributed by atoms with E-state index in [0.717, 1.165) is 32.4 Å². The van der Waals surface area contributed by atoms with E-state index in [0.29, 0.717) is 25.5 Å². The second kappa shape index (κ2) is 9.00. The molecule has 3 N–H and O–H groups in total. The molecule has 122 valence electrons. The third-order valence-corrected chi connectivity index (χ3v) is 4.24. The van der Waals surface area contributed by atoms with Crippen molar-refractivity contribution in [2.45, 2.75) is 39.0 Å². The van der Waals surface area contributed by atoms with Gasteiger partial charge in [-0.2, -0.15) is 0 Å². The predicted octanol–water partition coefficient (Wildman–Crippen LogP) is 1.01. The molecule has 0 spiro atoms. The molecule has 1 heterocycles. The minimum Gasteiger partial charge on any atom is -0.481 e. The van der Waals surface area contributed by atoms with Gasteiger partial charge in [-0.05, 0) is 44.7 Å². The summed E-state index contributed by atoms with van der Waals surface area (Å²) in [5, 5.41) is 14.9. The largest absolute Gasteiger partial charge is 0.481 e. The topological polar surface area (TPSA) is 87.7 Å². The van der Waals surface area contributed by atoms with E-state index >= 15 is 0 Å². The highest BCUT2D eigenvalue weighted by atomic mass is 16.5. The van der Waals surface area contributed by atoms with Crippen LogP contribution in [0.5, 0.6) is 0 Å². The average Bonchev–Trinajstić information content (AvgIpc) is 2.46. The Labute approximate surface area is 126 Å². The molecule has 1 unspecified atom stereocenters. The maximum absolute atomic E-state index is 12.4. The van der Waals surface area contributed by atoms with Gasteiger partial charge in [-0.25, -0.2) is 0 Å². The first-order valence-corrected chi connectivity index (χ1v) is 7.70. The Morgan fingerprint density at radius 1 is 1.33 bits per heavy atom. The zero-order chi connectivity index (χ0) is 15.7. The van der Waals surface area contributed by atoms with Gasteiger partial charge in [0.15, 0.2) is 0 Å². The van der Waals surface area contributed by atoms with Gasteiger partial charge in [0.25, 0.3) is 0 Å². The summed E-state index contributed by atoms with van der Waals surface area (Å²) in [5.41, 5.74) is -0.412. The molecule has 0 aliphatic carbocycles. The smallest absolute Gasteiger partial charge is 0.303 e. The van der Waals surface area contributed by atoms with Crippen LogP contribution in [0.15, 0.2) is 0 Å². The molecule has 0 saturated carbocycles. The first kappa shape index (κ1) is 17.9. The summed E-state index contributed by atoms with van der Waals surface area (Å²) < 4.78 is 5.24. The lowest BCUT2D eigenvalue weighted by atomic mass is 9.78. The van der Waals surface area contributed by atoms with Crippen molar-refractivity contribution in [3.63, 3.8) is 0 Å². The molecule has 0 radical (unpaired) electrons. The molecule has 21 heavy (non-hydrogen) atoms. The Morgan fingerprint density at radius 2 is 2.00 bits per heavy atom. The summed E-state index contributed by atoms with van der Waals surface area (Å²) in [6.45, 7) is 4.75. The predicted molar refractivity (Wildman–Crippen MR) is 80.1 cm³/mol. The number of amides is 1. The van der Waals surface area contributed by atoms with Gasteiger partial charge in [0.05, 0.1) is 12.0 Å². The normalized spacial score (nSPS) is 19.0. The lowest BCUT2D eigenvalue weighted by Crippen LogP contribution is -2.50. The van der Waals surface area contributed by atoms with Gasteiger partial charge >= 0.3 is 5.97 Å². The summed E-state index contributed by atoms with van der Waals surface area (Å²) in [4.78, 5) is 23.0. The summed E-state index contributed by atoms with van der Waals surface area (Å²) in [6, 6.07) is 0. The van der Waals surface area contributed by atoms with Gasteiger partial charge in [0, 0.05) is 20.1 Å². The fourth-order valence-electron chi connectivity index (χ4n) is 2.75. The fourth-order valence-corrected chi connectivity index (χ4v) is 2.75. The second-order valence-electron chi connectivity index (χ2n) is 6.05. The molecular formula is C15H28N2O4. The number of nitrogens with one attached hydrogen (secondary N) is 2. The molecule has 1 aliphatic heterocycles. The molecule has 1 amide bonds. The van der Waals surface area contributed by atoms with Crippen LogP contribution < -0.4 is 10.6 Å². The lowest BCUT2D eigenvalue weighted by molar-refractivity contribution is -0.138. The van der Waals surface area contributed by atoms with E-state index in [9.17, 15) is 9.59 Å². The Hall–Kier alpha value is -1.14. The number of carboxylic acids is 1. The van der Waals surface area contributed by atoms with Crippen molar-refractivity contribution in [1.29, 1.82) is 0 Å². The highest BCUT2D eigenvalue weighted by Gasteiger charge is 2.39. The maximum atomic E-state index is 12.4. The third kappa shape index (κ3) is 6.01. The number of aliphatic carboxylic acids is 1. The van der Waals surface area contributed by atoms with Crippen LogP contribution >= 0.6 is 0 Å². The van der Waals surface area contributed by atoms with Gasteiger partial charge in [-0.15, -0.1) is 0 Å². The molecule has 6 nitrogen and oxygen atoms in total. The van der Waals surface area contributed by atoms with Gasteiger partial charge in [-0.3, -0.25) is 9.59 Å². The Morgan fingerprint density at radius 3 is 2.57 bits per heavy atom. The number of piperidine rings is 1. The van der Waals surface area contributed by atoms with Gasteiger partial charge in [0.1, 0.15) is 0 Å². The zero-order valence-electron chi connectivity index (χ0n) is 13.1. The van der Waals surface area contributed by atoms with Crippen LogP contribution in [0.1, 0.15) is 39.0 Å². The van der Waals surface area contributed by atoms with Gasteiger partial charge in [-0.1, -0.05) is 6.92 Å². The van der Waals surface area contributed by atoms with E-state index in [-0.39, 0.29) is 12.3 Å². The van der Waals surface area contributed by atoms with Crippen LogP contribution in [0.3, 0.4) is 0 Å². The van der Waals surface area contributed by atoms with E-state index in [4.69, 9.17) is 9.84 Å². The first-order chi connectivity index (χ1) is 10.00. The quantitative estimate of drug-likeness (QED) is 0.591. The lowest BCUT2D eigenvalue weighted by Gasteiger charge is -2.35. The van der Waals surface area contributed by atoms with E-state index < -0.39 is 11.4 Å². The Balaban J connectivity index is 2.35. The molecule has 1 aliphatic rings. The highest BCUT2D eigenvalue weighted by molar-refractivity contribution is 5.83. The highest BCUT2D eigenvalue weighted by Crippen LogP contribution is 2.29. The van der Waals surface area contributed by atoms with Crippen molar-refractivity contribution in [2.24, 2.45) is 11.3 Å². The molecule has 0 aromatic rings. The summed E-state index contributed by atoms with van der Waals surface area (Å²) in [7, 11) is 1.63. The van der Waals surface area contributed by atoms with Crippen molar-refractivity contribution in [1.82, 2.24) is 10.6 Å². The molecule has 1 rings (SSSR count). The molecular weight excluding hydrogens is 272 g/mol. The number of rotatable bonds is 9. The van der Waals surface area contributed by atoms with Crippen LogP contribution in [0.25, 0.3) is 0 Å². The van der Waals surface area contributed by atoms with Crippen LogP contribution in [-0.4, -0.2) is 50.3 Å². The van der Waals surface area contributed by atoms with Crippen molar-refractivity contribution in [3.05, 3.63) is 0 Å². The number of hydrogen-bond acceptors (Lipinski definition) is 4. The third-order valence-electron chi connectivity index (χ3n) is 4.24. The fraction of sp³-hybridized carbons (Fsp3) is 0.867. The molecule has 1 saturated heterocycles. The summed E-state index contributed by atoms with van der Waals surface area (Å²) in [6.07, 6.45) is 3.23. The summed E-state index contributed by atoms with van der Waals surface area (Å²) >= 11 is 0. The van der Waals surface area contributed by atoms with E-state index in [1.165, 1.54) is 0 Å². The van der Waals surface area contributed by atoms with Crippen molar-refractivity contribution >= 4 is 11.9 Å². The SMILES string of the molecule is COCC1(C(=O)NCCC(C)CCC(=O)O)CCNCC1. The number of carbonyl (C=O) groups is 2. The van der Waals surface area contributed by atoms with Crippen LogP contribution in [0.4, 0.5) is 0 Å². The summed E-state index contributed by atoms with van der Waals surface area (Å²) in [5.74, 6) is -0.399. The second-order valence-corrected chi connectivity index (χ2v) is 6.05. The minimum absolute atomic E-state index is 0.0660. The van der Waals surface area contributed by atoms with E-state index in [1.54, 1.807) is 7.11 Å². The molecule has 0 aromatic carbocycles. The van der Waals surface area contributed by atoms with Crippen molar-refractivity contribution in [3.8, 4) is 0 Å². The standard InChI is InChI=1S/C15H28N2O4/c1-12(3-4-13(18)19)5-8-17-14(20)15(11-21-2)6-9-16-10-7-15/h12,16H,3-11H2,1-2H3,(H,17,20)(H,18,19). The zero-order valence-corrected chi connectivity index (χ0v) is 13.1. The molecule has 1 atom stereocenters. The van der Waals surface area contributed by atoms with E-state index in [1.807, 2.05) is 6.92 Å². The Kier molecular flexibility index (Phi) is 7.67. The van der Waals surface area contributed by atoms with Crippen LogP contribution in [0, 0.1) is 11.3 Å². The number of carboxylic acid groups (broad SMARTS) is 1. The van der Waals surface area contributed by atoms with Gasteiger partial charge < -0.3 is 20.5 Å². The van der Waals surface area contributed by atoms with Crippen molar-refractivity contribution < 1.29 is 19.4 Å². The van der Waals surface area contributed by atoms with Gasteiger partial charge in [0.2, 0.25) is 5.91 Å². The Bertz CT molecular complexity index is 335.